The first kappa shape index (κ1) is 22.4. The van der Waals surface area contributed by atoms with E-state index in [0.29, 0.717) is 0 Å². The van der Waals surface area contributed by atoms with E-state index in [1.807, 2.05) is 42.5 Å². The Balaban J connectivity index is 1.83. The fourth-order valence-corrected chi connectivity index (χ4v) is 2.61. The van der Waals surface area contributed by atoms with Gasteiger partial charge in [-0.05, 0) is 51.5 Å². The summed E-state index contributed by atoms with van der Waals surface area (Å²) < 4.78 is 5.16. The van der Waals surface area contributed by atoms with Crippen molar-refractivity contribution in [1.29, 1.82) is 0 Å². The predicted octanol–water partition coefficient (Wildman–Crippen LogP) is 2.68. The highest BCUT2D eigenvalue weighted by Gasteiger charge is 2.21. The molecule has 7 heteroatoms. The zero-order valence-electron chi connectivity index (χ0n) is 17.3. The Bertz CT molecular complexity index is 818. The number of benzene rings is 1. The SMILES string of the molecule is CC(NC(=O)OC(C)(C)C)[C@@H](O)CNC(=O)Cc1cccc(-c2ccccn2)c1. The van der Waals surface area contributed by atoms with Crippen LogP contribution in [0.25, 0.3) is 11.3 Å². The molecule has 2 rings (SSSR count). The number of aliphatic hydroxyl groups is 1. The Morgan fingerprint density at radius 1 is 1.17 bits per heavy atom. The maximum atomic E-state index is 12.2. The molecule has 1 unspecified atom stereocenters. The number of aliphatic hydroxyl groups excluding tert-OH is 1. The van der Waals surface area contributed by atoms with Crippen LogP contribution in [0, 0.1) is 0 Å². The van der Waals surface area contributed by atoms with Gasteiger partial charge < -0.3 is 20.5 Å². The summed E-state index contributed by atoms with van der Waals surface area (Å²) in [6, 6.07) is 12.7. The van der Waals surface area contributed by atoms with Crippen LogP contribution in [-0.4, -0.2) is 46.4 Å². The van der Waals surface area contributed by atoms with Crippen LogP contribution in [0.4, 0.5) is 4.79 Å². The molecule has 1 aromatic carbocycles. The van der Waals surface area contributed by atoms with Crippen molar-refractivity contribution in [2.75, 3.05) is 6.54 Å². The fraction of sp³-hybridized carbons (Fsp3) is 0.409. The van der Waals surface area contributed by atoms with Crippen LogP contribution >= 0.6 is 0 Å². The van der Waals surface area contributed by atoms with Crippen molar-refractivity contribution in [3.63, 3.8) is 0 Å². The minimum atomic E-state index is -0.939. The van der Waals surface area contributed by atoms with Crippen molar-refractivity contribution in [1.82, 2.24) is 15.6 Å². The van der Waals surface area contributed by atoms with Gasteiger partial charge in [-0.25, -0.2) is 4.79 Å². The standard InChI is InChI=1S/C22H29N3O4/c1-15(25-21(28)29-22(2,3)4)19(26)14-24-20(27)13-16-8-7-9-17(12-16)18-10-5-6-11-23-18/h5-12,15,19,26H,13-14H2,1-4H3,(H,24,27)(H,25,28)/t15?,19-/m0/s1. The molecule has 0 saturated carbocycles. The maximum absolute atomic E-state index is 12.2. The molecule has 0 spiro atoms. The molecule has 3 N–H and O–H groups in total. The number of nitrogens with one attached hydrogen (secondary N) is 2. The van der Waals surface area contributed by atoms with E-state index in [1.54, 1.807) is 33.9 Å². The van der Waals surface area contributed by atoms with Crippen LogP contribution in [0.3, 0.4) is 0 Å². The molecule has 156 valence electrons. The molecule has 2 amide bonds. The number of pyridine rings is 1. The summed E-state index contributed by atoms with van der Waals surface area (Å²) in [5, 5.41) is 15.4. The van der Waals surface area contributed by atoms with Crippen molar-refractivity contribution >= 4 is 12.0 Å². The zero-order chi connectivity index (χ0) is 21.4. The summed E-state index contributed by atoms with van der Waals surface area (Å²) in [6.45, 7) is 6.96. The third-order valence-corrected chi connectivity index (χ3v) is 4.08. The van der Waals surface area contributed by atoms with Gasteiger partial charge in [-0.1, -0.05) is 24.3 Å². The van der Waals surface area contributed by atoms with Crippen molar-refractivity contribution in [3.05, 3.63) is 54.2 Å². The van der Waals surface area contributed by atoms with Gasteiger partial charge in [0.25, 0.3) is 0 Å². The second-order valence-corrected chi connectivity index (χ2v) is 7.90. The number of hydrogen-bond donors (Lipinski definition) is 3. The first-order chi connectivity index (χ1) is 13.6. The Hall–Kier alpha value is -2.93. The summed E-state index contributed by atoms with van der Waals surface area (Å²) in [5.74, 6) is -0.216. The van der Waals surface area contributed by atoms with Gasteiger partial charge in [0.15, 0.2) is 0 Å². The van der Waals surface area contributed by atoms with Crippen LogP contribution in [-0.2, 0) is 16.0 Å². The molecule has 0 radical (unpaired) electrons. The van der Waals surface area contributed by atoms with Gasteiger partial charge in [-0.3, -0.25) is 9.78 Å². The van der Waals surface area contributed by atoms with Crippen molar-refractivity contribution < 1.29 is 19.4 Å². The molecule has 7 nitrogen and oxygen atoms in total. The second kappa shape index (κ2) is 10.0. The largest absolute Gasteiger partial charge is 0.444 e. The maximum Gasteiger partial charge on any atom is 0.407 e. The third kappa shape index (κ3) is 7.91. The zero-order valence-corrected chi connectivity index (χ0v) is 17.3. The highest BCUT2D eigenvalue weighted by molar-refractivity contribution is 5.79. The number of rotatable bonds is 7. The Labute approximate surface area is 171 Å². The summed E-state index contributed by atoms with van der Waals surface area (Å²) >= 11 is 0. The number of alkyl carbamates (subject to hydrolysis) is 1. The molecule has 0 saturated heterocycles. The number of nitrogens with zero attached hydrogens (tertiary/aromatic N) is 1. The lowest BCUT2D eigenvalue weighted by molar-refractivity contribution is -0.120. The average molecular weight is 399 g/mol. The first-order valence-electron chi connectivity index (χ1n) is 9.58. The van der Waals surface area contributed by atoms with Crippen LogP contribution in [0.15, 0.2) is 48.7 Å². The van der Waals surface area contributed by atoms with Gasteiger partial charge in [0.1, 0.15) is 5.60 Å². The van der Waals surface area contributed by atoms with E-state index < -0.39 is 23.8 Å². The molecular formula is C22H29N3O4. The molecule has 29 heavy (non-hydrogen) atoms. The highest BCUT2D eigenvalue weighted by Crippen LogP contribution is 2.18. The monoisotopic (exact) mass is 399 g/mol. The number of amides is 2. The van der Waals surface area contributed by atoms with E-state index in [-0.39, 0.29) is 18.9 Å². The lowest BCUT2D eigenvalue weighted by atomic mass is 10.1. The van der Waals surface area contributed by atoms with E-state index in [1.165, 1.54) is 0 Å². The molecular weight excluding hydrogens is 370 g/mol. The molecule has 2 aromatic rings. The van der Waals surface area contributed by atoms with E-state index in [2.05, 4.69) is 15.6 Å². The third-order valence-electron chi connectivity index (χ3n) is 4.08. The minimum absolute atomic E-state index is 0.0235. The van der Waals surface area contributed by atoms with Crippen LogP contribution in [0.1, 0.15) is 33.3 Å². The van der Waals surface area contributed by atoms with Gasteiger partial charge in [0, 0.05) is 18.3 Å². The number of carbonyl (C=O) groups excluding carboxylic acids is 2. The quantitative estimate of drug-likeness (QED) is 0.665. The van der Waals surface area contributed by atoms with Crippen molar-refractivity contribution in [3.8, 4) is 11.3 Å². The Morgan fingerprint density at radius 2 is 1.93 bits per heavy atom. The smallest absolute Gasteiger partial charge is 0.407 e. The summed E-state index contributed by atoms with van der Waals surface area (Å²) in [4.78, 5) is 28.3. The Morgan fingerprint density at radius 3 is 2.59 bits per heavy atom. The van der Waals surface area contributed by atoms with E-state index >= 15 is 0 Å². The van der Waals surface area contributed by atoms with E-state index in [9.17, 15) is 14.7 Å². The minimum Gasteiger partial charge on any atom is -0.444 e. The van der Waals surface area contributed by atoms with Gasteiger partial charge in [0.05, 0.1) is 24.3 Å². The second-order valence-electron chi connectivity index (χ2n) is 7.90. The molecule has 1 aromatic heterocycles. The number of hydrogen-bond acceptors (Lipinski definition) is 5. The molecule has 2 atom stereocenters. The van der Waals surface area contributed by atoms with Gasteiger partial charge in [0.2, 0.25) is 5.91 Å². The lowest BCUT2D eigenvalue weighted by Gasteiger charge is -2.24. The first-order valence-corrected chi connectivity index (χ1v) is 9.58. The molecule has 0 aliphatic rings. The van der Waals surface area contributed by atoms with Crippen LogP contribution in [0.2, 0.25) is 0 Å². The van der Waals surface area contributed by atoms with Gasteiger partial charge in [-0.2, -0.15) is 0 Å². The molecule has 0 aliphatic carbocycles. The molecule has 0 fully saturated rings. The van der Waals surface area contributed by atoms with Gasteiger partial charge >= 0.3 is 6.09 Å². The van der Waals surface area contributed by atoms with E-state index in [0.717, 1.165) is 16.8 Å². The van der Waals surface area contributed by atoms with Crippen molar-refractivity contribution in [2.45, 2.75) is 51.9 Å². The molecule has 0 aliphatic heterocycles. The molecule has 1 heterocycles. The topological polar surface area (TPSA) is 101 Å². The number of carbonyl (C=O) groups is 2. The number of ether oxygens (including phenoxy) is 1. The van der Waals surface area contributed by atoms with Crippen molar-refractivity contribution in [2.24, 2.45) is 0 Å². The summed E-state index contributed by atoms with van der Waals surface area (Å²) in [7, 11) is 0. The van der Waals surface area contributed by atoms with Crippen LogP contribution < -0.4 is 10.6 Å². The summed E-state index contributed by atoms with van der Waals surface area (Å²) in [6.07, 6.45) is 0.358. The van der Waals surface area contributed by atoms with E-state index in [4.69, 9.17) is 4.74 Å². The number of aromatic nitrogens is 1. The van der Waals surface area contributed by atoms with Gasteiger partial charge in [-0.15, -0.1) is 0 Å². The molecule has 0 bridgehead atoms. The average Bonchev–Trinajstić information content (AvgIpc) is 2.65. The fourth-order valence-electron chi connectivity index (χ4n) is 2.61. The van der Waals surface area contributed by atoms with Crippen LogP contribution in [0.5, 0.6) is 0 Å². The Kier molecular flexibility index (Phi) is 7.73. The predicted molar refractivity (Wildman–Crippen MR) is 111 cm³/mol. The normalized spacial score (nSPS) is 13.3. The lowest BCUT2D eigenvalue weighted by Crippen LogP contribution is -2.48. The highest BCUT2D eigenvalue weighted by atomic mass is 16.6. The summed E-state index contributed by atoms with van der Waals surface area (Å²) in [5.41, 5.74) is 2.01.